The first kappa shape index (κ1) is 11.6. The Labute approximate surface area is 92.3 Å². The molecule has 0 aliphatic heterocycles. The van der Waals surface area contributed by atoms with Gasteiger partial charge in [-0.15, -0.1) is 0 Å². The topological polar surface area (TPSA) is 57.5 Å². The van der Waals surface area contributed by atoms with E-state index in [0.717, 1.165) is 0 Å². The third kappa shape index (κ3) is 2.60. The van der Waals surface area contributed by atoms with Gasteiger partial charge in [0.1, 0.15) is 0 Å². The molecule has 0 aliphatic rings. The fourth-order valence-electron chi connectivity index (χ4n) is 0.867. The molecular weight excluding hydrogens is 167 g/mol. The number of carboxylic acids is 1. The van der Waals surface area contributed by atoms with Crippen LogP contribution in [0.4, 0.5) is 0 Å². The molecule has 0 unspecified atom stereocenters. The molecule has 0 aliphatic carbocycles. The Morgan fingerprint density at radius 3 is 2.33 bits per heavy atom. The van der Waals surface area contributed by atoms with Crippen molar-refractivity contribution in [2.75, 3.05) is 0 Å². The molecule has 1 aromatic carbocycles. The van der Waals surface area contributed by atoms with Crippen LogP contribution in [-0.4, -0.2) is 45.7 Å². The molecule has 2 N–H and O–H groups in total. The van der Waals surface area contributed by atoms with Crippen LogP contribution in [0.25, 0.3) is 0 Å². The maximum absolute atomic E-state index is 10.5. The summed E-state index contributed by atoms with van der Waals surface area (Å²) < 4.78 is 0. The second-order valence-corrected chi connectivity index (χ2v) is 2.12. The second kappa shape index (κ2) is 5.32. The minimum atomic E-state index is -1.00. The first-order valence-electron chi connectivity index (χ1n) is 3.17. The third-order valence-corrected chi connectivity index (χ3v) is 1.42. The van der Waals surface area contributed by atoms with Crippen molar-refractivity contribution in [1.29, 1.82) is 0 Å². The molecule has 0 saturated heterocycles. The number of carboxylic acid groups (broad SMARTS) is 1. The summed E-state index contributed by atoms with van der Waals surface area (Å²) in [6, 6.07) is 6.37. The summed E-state index contributed by atoms with van der Waals surface area (Å²) in [4.78, 5) is 10.5. The van der Waals surface area contributed by atoms with Gasteiger partial charge < -0.3 is 10.2 Å². The molecule has 0 amide bonds. The average molecular weight is 176 g/mol. The molecule has 0 radical (unpaired) electrons. The van der Waals surface area contributed by atoms with E-state index in [1.165, 1.54) is 6.07 Å². The number of benzene rings is 1. The molecule has 0 saturated carbocycles. The number of carbonyl (C=O) groups is 1. The van der Waals surface area contributed by atoms with E-state index < -0.39 is 5.97 Å². The van der Waals surface area contributed by atoms with Crippen LogP contribution in [0.5, 0.6) is 0 Å². The quantitative estimate of drug-likeness (QED) is 0.634. The van der Waals surface area contributed by atoms with E-state index in [2.05, 4.69) is 0 Å². The number of hydrogen-bond acceptors (Lipinski definition) is 2. The summed E-state index contributed by atoms with van der Waals surface area (Å²) in [6.07, 6.45) is 0. The monoisotopic (exact) mass is 176 g/mol. The number of aliphatic hydroxyl groups excluding tert-OH is 1. The van der Waals surface area contributed by atoms with Crippen LogP contribution in [-0.2, 0) is 6.61 Å². The van der Waals surface area contributed by atoms with Crippen molar-refractivity contribution < 1.29 is 15.0 Å². The van der Waals surface area contributed by atoms with Crippen molar-refractivity contribution in [1.82, 2.24) is 0 Å². The fourth-order valence-corrected chi connectivity index (χ4v) is 0.867. The molecule has 1 aromatic rings. The summed E-state index contributed by atoms with van der Waals surface area (Å²) >= 11 is 0. The summed E-state index contributed by atoms with van der Waals surface area (Å²) in [5.41, 5.74) is 0.606. The van der Waals surface area contributed by atoms with Crippen molar-refractivity contribution in [3.63, 3.8) is 0 Å². The van der Waals surface area contributed by atoms with Crippen LogP contribution in [0, 0.1) is 0 Å². The predicted molar refractivity (Wildman–Crippen MR) is 46.5 cm³/mol. The molecule has 0 heterocycles. The van der Waals surface area contributed by atoms with Crippen LogP contribution in [0.2, 0.25) is 0 Å². The summed E-state index contributed by atoms with van der Waals surface area (Å²) in [5, 5.41) is 17.3. The van der Waals surface area contributed by atoms with Gasteiger partial charge in [-0.1, -0.05) is 18.2 Å². The number of hydrogen-bond donors (Lipinski definition) is 2. The van der Waals surface area contributed by atoms with Gasteiger partial charge in [-0.3, -0.25) is 0 Å². The molecule has 0 atom stereocenters. The van der Waals surface area contributed by atoms with Gasteiger partial charge in [-0.2, -0.15) is 0 Å². The number of rotatable bonds is 2. The molecule has 3 nitrogen and oxygen atoms in total. The predicted octanol–water partition coefficient (Wildman–Crippen LogP) is 0.229. The standard InChI is InChI=1S/C8H8O3.Na.H/c9-5-6-3-1-2-4-7(6)8(10)11;;/h1-4,9H,5H2,(H,10,11);;. The number of aromatic carboxylic acids is 1. The summed E-state index contributed by atoms with van der Waals surface area (Å²) in [6.45, 7) is -0.234. The van der Waals surface area contributed by atoms with E-state index in [1.807, 2.05) is 0 Å². The Kier molecular flexibility index (Phi) is 5.17. The molecular formula is C8H9NaO3. The van der Waals surface area contributed by atoms with Gasteiger partial charge in [0.2, 0.25) is 0 Å². The first-order chi connectivity index (χ1) is 5.25. The molecule has 12 heavy (non-hydrogen) atoms. The van der Waals surface area contributed by atoms with E-state index in [1.54, 1.807) is 18.2 Å². The average Bonchev–Trinajstić information content (AvgIpc) is 2.04. The molecule has 0 aromatic heterocycles. The fraction of sp³-hybridized carbons (Fsp3) is 0.125. The summed E-state index contributed by atoms with van der Waals surface area (Å²) in [5.74, 6) is -1.00. The van der Waals surface area contributed by atoms with Crippen molar-refractivity contribution in [3.8, 4) is 0 Å². The summed E-state index contributed by atoms with van der Waals surface area (Å²) in [7, 11) is 0. The molecule has 60 valence electrons. The Balaban J connectivity index is 0.00000121. The molecule has 1 rings (SSSR count). The van der Waals surface area contributed by atoms with Crippen LogP contribution in [0.3, 0.4) is 0 Å². The van der Waals surface area contributed by atoms with Crippen LogP contribution in [0.15, 0.2) is 24.3 Å². The van der Waals surface area contributed by atoms with Gasteiger partial charge in [0.15, 0.2) is 0 Å². The zero-order chi connectivity index (χ0) is 8.27. The van der Waals surface area contributed by atoms with Crippen molar-refractivity contribution in [3.05, 3.63) is 35.4 Å². The van der Waals surface area contributed by atoms with Gasteiger partial charge in [-0.05, 0) is 11.6 Å². The van der Waals surface area contributed by atoms with Crippen molar-refractivity contribution >= 4 is 35.5 Å². The van der Waals surface area contributed by atoms with Crippen molar-refractivity contribution in [2.45, 2.75) is 6.61 Å². The minimum absolute atomic E-state index is 0. The van der Waals surface area contributed by atoms with Gasteiger partial charge in [0.25, 0.3) is 0 Å². The van der Waals surface area contributed by atoms with E-state index in [4.69, 9.17) is 10.2 Å². The Morgan fingerprint density at radius 2 is 1.92 bits per heavy atom. The molecule has 0 bridgehead atoms. The van der Waals surface area contributed by atoms with Gasteiger partial charge in [0.05, 0.1) is 12.2 Å². The molecule has 4 heteroatoms. The van der Waals surface area contributed by atoms with Crippen molar-refractivity contribution in [2.24, 2.45) is 0 Å². The van der Waals surface area contributed by atoms with Crippen LogP contribution >= 0.6 is 0 Å². The van der Waals surface area contributed by atoms with Crippen LogP contribution < -0.4 is 0 Å². The second-order valence-electron chi connectivity index (χ2n) is 2.12. The molecule has 0 spiro atoms. The van der Waals surface area contributed by atoms with E-state index in [9.17, 15) is 4.79 Å². The maximum atomic E-state index is 10.5. The van der Waals surface area contributed by atoms with E-state index in [-0.39, 0.29) is 41.7 Å². The number of aliphatic hydroxyl groups is 1. The van der Waals surface area contributed by atoms with E-state index in [0.29, 0.717) is 5.56 Å². The Morgan fingerprint density at radius 1 is 1.33 bits per heavy atom. The first-order valence-corrected chi connectivity index (χ1v) is 3.17. The van der Waals surface area contributed by atoms with Crippen LogP contribution in [0.1, 0.15) is 15.9 Å². The molecule has 0 fully saturated rings. The van der Waals surface area contributed by atoms with Gasteiger partial charge in [0, 0.05) is 0 Å². The van der Waals surface area contributed by atoms with Gasteiger partial charge in [-0.25, -0.2) is 4.79 Å². The zero-order valence-corrected chi connectivity index (χ0v) is 5.82. The Hall–Kier alpha value is -0.350. The third-order valence-electron chi connectivity index (χ3n) is 1.42. The van der Waals surface area contributed by atoms with E-state index >= 15 is 0 Å². The SMILES string of the molecule is O=C(O)c1ccccc1CO.[NaH]. The van der Waals surface area contributed by atoms with Gasteiger partial charge >= 0.3 is 35.5 Å². The normalized spacial score (nSPS) is 8.75. The zero-order valence-electron chi connectivity index (χ0n) is 5.82. The Bertz CT molecular complexity index is 273.